The summed E-state index contributed by atoms with van der Waals surface area (Å²) in [5.74, 6) is 1.04. The lowest BCUT2D eigenvalue weighted by molar-refractivity contribution is -0.800. The van der Waals surface area contributed by atoms with Crippen LogP contribution in [-0.2, 0) is 6.54 Å². The highest BCUT2D eigenvalue weighted by Crippen LogP contribution is 2.23. The van der Waals surface area contributed by atoms with Crippen molar-refractivity contribution in [3.63, 3.8) is 0 Å². The van der Waals surface area contributed by atoms with Gasteiger partial charge in [0.2, 0.25) is 5.84 Å². The van der Waals surface area contributed by atoms with Crippen LogP contribution in [0, 0.1) is 0 Å². The summed E-state index contributed by atoms with van der Waals surface area (Å²) < 4.78 is 0.607. The molecule has 1 heterocycles. The zero-order valence-electron chi connectivity index (χ0n) is 20.9. The van der Waals surface area contributed by atoms with Gasteiger partial charge < -0.3 is 17.5 Å². The molecule has 0 spiro atoms. The lowest BCUT2D eigenvalue weighted by Gasteiger charge is -2.30. The number of unbranched alkanes of at least 4 members (excludes halogenated alkanes) is 13. The van der Waals surface area contributed by atoms with Crippen LogP contribution in [0.25, 0.3) is 0 Å². The average Bonchev–Trinajstić information content (AvgIpc) is 3.19. The fourth-order valence-electron chi connectivity index (χ4n) is 4.58. The van der Waals surface area contributed by atoms with Gasteiger partial charge in [-0.15, -0.1) is 0 Å². The number of benzene rings is 1. The summed E-state index contributed by atoms with van der Waals surface area (Å²) >= 11 is 0. The molecule has 0 radical (unpaired) electrons. The van der Waals surface area contributed by atoms with Crippen LogP contribution in [0.3, 0.4) is 0 Å². The number of halogens is 1. The topological polar surface area (TPSA) is 32.6 Å². The minimum absolute atomic E-state index is 0. The molecule has 186 valence electrons. The van der Waals surface area contributed by atoms with Gasteiger partial charge in [0.05, 0.1) is 12.8 Å². The van der Waals surface area contributed by atoms with Gasteiger partial charge >= 0.3 is 0 Å². The van der Waals surface area contributed by atoms with Crippen molar-refractivity contribution in [2.75, 3.05) is 13.2 Å². The zero-order valence-corrected chi connectivity index (χ0v) is 21.7. The molecular formula is C29H47ClN2O. The van der Waals surface area contributed by atoms with Crippen molar-refractivity contribution in [2.45, 2.75) is 103 Å². The fourth-order valence-corrected chi connectivity index (χ4v) is 4.58. The predicted octanol–water partition coefficient (Wildman–Crippen LogP) is 4.92. The lowest BCUT2D eigenvalue weighted by atomic mass is 10.0. The van der Waals surface area contributed by atoms with Crippen LogP contribution in [-0.4, -0.2) is 28.6 Å². The second kappa shape index (κ2) is 18.9. The van der Waals surface area contributed by atoms with Gasteiger partial charge in [-0.3, -0.25) is 0 Å². The molecule has 0 aliphatic carbocycles. The molecule has 0 aromatic heterocycles. The summed E-state index contributed by atoms with van der Waals surface area (Å²) in [5.41, 5.74) is 1.27. The third-order valence-corrected chi connectivity index (χ3v) is 6.56. The number of quaternary nitrogens is 1. The second-order valence-electron chi connectivity index (χ2n) is 9.34. The van der Waals surface area contributed by atoms with Gasteiger partial charge in [0.25, 0.3) is 0 Å². The van der Waals surface area contributed by atoms with Crippen LogP contribution >= 0.6 is 0 Å². The molecule has 33 heavy (non-hydrogen) atoms. The van der Waals surface area contributed by atoms with E-state index in [1.807, 2.05) is 12.3 Å². The third-order valence-electron chi connectivity index (χ3n) is 6.56. The summed E-state index contributed by atoms with van der Waals surface area (Å²) in [5, 5.41) is 9.66. The first-order valence-electron chi connectivity index (χ1n) is 13.2. The van der Waals surface area contributed by atoms with Crippen molar-refractivity contribution < 1.29 is 22.0 Å². The second-order valence-corrected chi connectivity index (χ2v) is 9.34. The molecule has 1 N–H and O–H groups in total. The Hall–Kier alpha value is -1.42. The maximum atomic E-state index is 9.66. The van der Waals surface area contributed by atoms with Crippen LogP contribution < -0.4 is 12.4 Å². The van der Waals surface area contributed by atoms with Gasteiger partial charge in [0.1, 0.15) is 19.3 Å². The van der Waals surface area contributed by atoms with Crippen molar-refractivity contribution in [3.8, 4) is 0 Å². The molecule has 0 saturated carbocycles. The van der Waals surface area contributed by atoms with E-state index in [0.717, 1.165) is 18.8 Å². The maximum Gasteiger partial charge on any atom is 0.232 e. The SMILES string of the molecule is CCCCCCCCCCCCCCCC=CC1=NC=C[N+]1(CCO)Cc1ccccc1.[Cl-]. The van der Waals surface area contributed by atoms with E-state index in [2.05, 4.69) is 54.5 Å². The number of hydrogen-bond acceptors (Lipinski definition) is 2. The third kappa shape index (κ3) is 12.0. The highest BCUT2D eigenvalue weighted by molar-refractivity contribution is 5.89. The van der Waals surface area contributed by atoms with E-state index in [9.17, 15) is 5.11 Å². The van der Waals surface area contributed by atoms with E-state index in [1.54, 1.807) is 0 Å². The lowest BCUT2D eigenvalue weighted by Crippen LogP contribution is -3.00. The van der Waals surface area contributed by atoms with Crippen LogP contribution in [0.5, 0.6) is 0 Å². The van der Waals surface area contributed by atoms with Crippen molar-refractivity contribution in [1.82, 2.24) is 0 Å². The van der Waals surface area contributed by atoms with Gasteiger partial charge in [0.15, 0.2) is 0 Å². The molecule has 1 aromatic carbocycles. The average molecular weight is 475 g/mol. The first-order valence-corrected chi connectivity index (χ1v) is 13.2. The Bertz CT molecular complexity index is 686. The zero-order chi connectivity index (χ0) is 22.7. The number of aliphatic imine (C=N–C) groups is 1. The highest BCUT2D eigenvalue weighted by atomic mass is 35.5. The number of amidine groups is 1. The highest BCUT2D eigenvalue weighted by Gasteiger charge is 2.33. The normalized spacial score (nSPS) is 17.5. The Balaban J connectivity index is 0.00000544. The molecule has 1 aliphatic rings. The molecule has 1 unspecified atom stereocenters. The van der Waals surface area contributed by atoms with Gasteiger partial charge in [-0.05, 0) is 12.8 Å². The molecular weight excluding hydrogens is 428 g/mol. The minimum atomic E-state index is 0. The van der Waals surface area contributed by atoms with E-state index >= 15 is 0 Å². The van der Waals surface area contributed by atoms with E-state index in [-0.39, 0.29) is 19.0 Å². The molecule has 1 atom stereocenters. The van der Waals surface area contributed by atoms with Gasteiger partial charge in [0, 0.05) is 11.6 Å². The summed E-state index contributed by atoms with van der Waals surface area (Å²) in [6.07, 6.45) is 27.7. The number of allylic oxidation sites excluding steroid dienone is 1. The van der Waals surface area contributed by atoms with E-state index < -0.39 is 0 Å². The summed E-state index contributed by atoms with van der Waals surface area (Å²) in [6, 6.07) is 10.5. The van der Waals surface area contributed by atoms with E-state index in [4.69, 9.17) is 0 Å². The molecule has 0 saturated heterocycles. The molecule has 3 nitrogen and oxygen atoms in total. The number of hydrogen-bond donors (Lipinski definition) is 1. The number of rotatable bonds is 19. The molecule has 0 bridgehead atoms. The standard InChI is InChI=1S/C29H47N2O.ClH/c1-2-3-4-5-6-7-8-9-10-11-12-13-14-15-19-22-29-30-23-24-31(29,25-26-32)27-28-20-17-16-18-21-28;/h16-24,32H,2-15,25-27H2,1H3;1H/q+1;/p-1. The Morgan fingerprint density at radius 3 is 1.97 bits per heavy atom. The van der Waals surface area contributed by atoms with Crippen LogP contribution in [0.2, 0.25) is 0 Å². The summed E-state index contributed by atoms with van der Waals surface area (Å²) in [6.45, 7) is 3.93. The Morgan fingerprint density at radius 2 is 1.39 bits per heavy atom. The van der Waals surface area contributed by atoms with Crippen LogP contribution in [0.4, 0.5) is 0 Å². The van der Waals surface area contributed by atoms with E-state index in [1.165, 1.54) is 89.0 Å². The molecule has 4 heteroatoms. The van der Waals surface area contributed by atoms with Crippen molar-refractivity contribution >= 4 is 5.84 Å². The smallest absolute Gasteiger partial charge is 0.232 e. The van der Waals surface area contributed by atoms with E-state index in [0.29, 0.717) is 11.0 Å². The number of nitrogens with zero attached hydrogens (tertiary/aromatic N) is 2. The Morgan fingerprint density at radius 1 is 0.818 bits per heavy atom. The number of aliphatic hydroxyl groups is 1. The van der Waals surface area contributed by atoms with Gasteiger partial charge in [-0.2, -0.15) is 4.99 Å². The maximum absolute atomic E-state index is 9.66. The number of aliphatic hydroxyl groups excluding tert-OH is 1. The van der Waals surface area contributed by atoms with Gasteiger partial charge in [-0.1, -0.05) is 120 Å². The predicted molar refractivity (Wildman–Crippen MR) is 138 cm³/mol. The molecule has 0 fully saturated rings. The minimum Gasteiger partial charge on any atom is -1.00 e. The van der Waals surface area contributed by atoms with Gasteiger partial charge in [-0.25, -0.2) is 4.48 Å². The monoisotopic (exact) mass is 474 g/mol. The molecule has 1 aromatic rings. The Labute approximate surface area is 209 Å². The van der Waals surface area contributed by atoms with Crippen LogP contribution in [0.15, 0.2) is 59.9 Å². The molecule has 1 aliphatic heterocycles. The first-order chi connectivity index (χ1) is 15.8. The van der Waals surface area contributed by atoms with Crippen molar-refractivity contribution in [1.29, 1.82) is 0 Å². The largest absolute Gasteiger partial charge is 1.00 e. The summed E-state index contributed by atoms with van der Waals surface area (Å²) in [4.78, 5) is 4.62. The Kier molecular flexibility index (Phi) is 17.0. The van der Waals surface area contributed by atoms with Crippen molar-refractivity contribution in [2.24, 2.45) is 4.99 Å². The van der Waals surface area contributed by atoms with Crippen molar-refractivity contribution in [3.05, 3.63) is 60.4 Å². The molecule has 0 amide bonds. The molecule has 2 rings (SSSR count). The first kappa shape index (κ1) is 29.6. The quantitative estimate of drug-likeness (QED) is 0.224. The van der Waals surface area contributed by atoms with Crippen LogP contribution in [0.1, 0.15) is 102 Å². The summed E-state index contributed by atoms with van der Waals surface area (Å²) in [7, 11) is 0. The fraction of sp³-hybridized carbons (Fsp3) is 0.621.